The highest BCUT2D eigenvalue weighted by atomic mass is 35.5. The monoisotopic (exact) mass is 377 g/mol. The summed E-state index contributed by atoms with van der Waals surface area (Å²) in [5.41, 5.74) is 3.39. The molecule has 0 spiro atoms. The van der Waals surface area contributed by atoms with Crippen LogP contribution in [0.4, 0.5) is 0 Å². The molecular formula is C18H13Cl2NO2S. The second kappa shape index (κ2) is 7.34. The van der Waals surface area contributed by atoms with Crippen LogP contribution >= 0.6 is 34.5 Å². The minimum Gasteiger partial charge on any atom is -0.465 e. The lowest BCUT2D eigenvalue weighted by Gasteiger charge is -2.02. The zero-order chi connectivity index (χ0) is 17.1. The van der Waals surface area contributed by atoms with Gasteiger partial charge in [0.15, 0.2) is 0 Å². The van der Waals surface area contributed by atoms with Gasteiger partial charge in [0.1, 0.15) is 5.01 Å². The molecule has 2 aromatic carbocycles. The second-order valence-electron chi connectivity index (χ2n) is 5.14. The van der Waals surface area contributed by atoms with Gasteiger partial charge >= 0.3 is 5.97 Å². The molecule has 3 rings (SSSR count). The highest BCUT2D eigenvalue weighted by Gasteiger charge is 2.10. The van der Waals surface area contributed by atoms with Gasteiger partial charge in [0.05, 0.1) is 28.4 Å². The van der Waals surface area contributed by atoms with Crippen LogP contribution in [0.1, 0.15) is 21.6 Å². The molecular weight excluding hydrogens is 365 g/mol. The number of esters is 1. The van der Waals surface area contributed by atoms with E-state index in [4.69, 9.17) is 27.9 Å². The molecule has 0 unspecified atom stereocenters. The van der Waals surface area contributed by atoms with Crippen LogP contribution in [0, 0.1) is 0 Å². The first kappa shape index (κ1) is 17.0. The van der Waals surface area contributed by atoms with Crippen molar-refractivity contribution in [1.82, 2.24) is 4.98 Å². The lowest BCUT2D eigenvalue weighted by Crippen LogP contribution is -2.00. The molecule has 0 radical (unpaired) electrons. The minimum absolute atomic E-state index is 0.357. The molecule has 24 heavy (non-hydrogen) atoms. The number of benzene rings is 2. The lowest BCUT2D eigenvalue weighted by atomic mass is 10.1. The molecule has 0 aliphatic rings. The molecule has 0 aliphatic heterocycles. The van der Waals surface area contributed by atoms with Crippen LogP contribution in [0.2, 0.25) is 10.0 Å². The van der Waals surface area contributed by atoms with E-state index in [2.05, 4.69) is 4.98 Å². The van der Waals surface area contributed by atoms with Gasteiger partial charge in [0.2, 0.25) is 0 Å². The van der Waals surface area contributed by atoms with Crippen molar-refractivity contribution in [3.63, 3.8) is 0 Å². The molecule has 3 nitrogen and oxygen atoms in total. The van der Waals surface area contributed by atoms with Gasteiger partial charge < -0.3 is 4.74 Å². The summed E-state index contributed by atoms with van der Waals surface area (Å²) in [6.07, 6.45) is 0.671. The van der Waals surface area contributed by atoms with E-state index in [0.717, 1.165) is 21.8 Å². The predicted molar refractivity (Wildman–Crippen MR) is 98.2 cm³/mol. The van der Waals surface area contributed by atoms with Crippen LogP contribution in [-0.2, 0) is 11.2 Å². The third kappa shape index (κ3) is 3.78. The number of aromatic nitrogens is 1. The number of ether oxygens (including phenoxy) is 1. The summed E-state index contributed by atoms with van der Waals surface area (Å²) in [6.45, 7) is 0. The van der Waals surface area contributed by atoms with Crippen LogP contribution in [-0.4, -0.2) is 18.1 Å². The number of methoxy groups -OCH3 is 1. The van der Waals surface area contributed by atoms with Crippen molar-refractivity contribution in [1.29, 1.82) is 0 Å². The average molecular weight is 378 g/mol. The van der Waals surface area contributed by atoms with Crippen molar-refractivity contribution in [2.75, 3.05) is 7.11 Å². The SMILES string of the molecule is COC(=O)c1cccc(-c2nc(Cc3ccc(Cl)c(Cl)c3)cs2)c1. The Hall–Kier alpha value is -1.88. The molecule has 122 valence electrons. The maximum Gasteiger partial charge on any atom is 0.337 e. The molecule has 1 aromatic heterocycles. The van der Waals surface area contributed by atoms with Gasteiger partial charge in [0.25, 0.3) is 0 Å². The van der Waals surface area contributed by atoms with E-state index in [0.29, 0.717) is 22.0 Å². The van der Waals surface area contributed by atoms with Crippen molar-refractivity contribution in [2.45, 2.75) is 6.42 Å². The number of hydrogen-bond acceptors (Lipinski definition) is 4. The Morgan fingerprint density at radius 3 is 2.75 bits per heavy atom. The molecule has 0 amide bonds. The van der Waals surface area contributed by atoms with E-state index in [9.17, 15) is 4.79 Å². The first-order valence-corrected chi connectivity index (χ1v) is 8.77. The number of thiazole rings is 1. The third-order valence-corrected chi connectivity index (χ3v) is 5.13. The van der Waals surface area contributed by atoms with Crippen LogP contribution in [0.25, 0.3) is 10.6 Å². The molecule has 0 fully saturated rings. The Morgan fingerprint density at radius 1 is 1.17 bits per heavy atom. The fourth-order valence-corrected chi connectivity index (χ4v) is 3.41. The van der Waals surface area contributed by atoms with Gasteiger partial charge in [-0.3, -0.25) is 0 Å². The molecule has 6 heteroatoms. The van der Waals surface area contributed by atoms with Gasteiger partial charge in [-0.25, -0.2) is 9.78 Å². The molecule has 0 saturated carbocycles. The van der Waals surface area contributed by atoms with E-state index in [1.807, 2.05) is 29.6 Å². The fourth-order valence-electron chi connectivity index (χ4n) is 2.28. The summed E-state index contributed by atoms with van der Waals surface area (Å²) in [5, 5.41) is 3.94. The van der Waals surface area contributed by atoms with E-state index in [1.165, 1.54) is 18.4 Å². The normalized spacial score (nSPS) is 10.6. The highest BCUT2D eigenvalue weighted by Crippen LogP contribution is 2.27. The summed E-state index contributed by atoms with van der Waals surface area (Å²) in [4.78, 5) is 16.3. The summed E-state index contributed by atoms with van der Waals surface area (Å²) in [6, 6.07) is 12.8. The van der Waals surface area contributed by atoms with Gasteiger partial charge in [-0.1, -0.05) is 41.4 Å². The standard InChI is InChI=1S/C18H13Cl2NO2S/c1-23-18(22)13-4-2-3-12(9-13)17-21-14(10-24-17)7-11-5-6-15(19)16(20)8-11/h2-6,8-10H,7H2,1H3. The molecule has 1 heterocycles. The maximum absolute atomic E-state index is 11.6. The lowest BCUT2D eigenvalue weighted by molar-refractivity contribution is 0.0601. The van der Waals surface area contributed by atoms with Crippen molar-refractivity contribution >= 4 is 40.5 Å². The van der Waals surface area contributed by atoms with Crippen molar-refractivity contribution in [3.05, 3.63) is 74.7 Å². The topological polar surface area (TPSA) is 39.2 Å². The van der Waals surface area contributed by atoms with Crippen molar-refractivity contribution in [3.8, 4) is 10.6 Å². The number of hydrogen-bond donors (Lipinski definition) is 0. The van der Waals surface area contributed by atoms with Crippen LogP contribution in [0.5, 0.6) is 0 Å². The van der Waals surface area contributed by atoms with E-state index < -0.39 is 0 Å². The summed E-state index contributed by atoms with van der Waals surface area (Å²) in [5.74, 6) is -0.357. The van der Waals surface area contributed by atoms with Gasteiger partial charge in [0, 0.05) is 17.4 Å². The minimum atomic E-state index is -0.357. The predicted octanol–water partition coefficient (Wildman–Crippen LogP) is 5.49. The van der Waals surface area contributed by atoms with Crippen LogP contribution in [0.15, 0.2) is 47.8 Å². The zero-order valence-electron chi connectivity index (χ0n) is 12.8. The Morgan fingerprint density at radius 2 is 2.00 bits per heavy atom. The Bertz CT molecular complexity index is 892. The molecule has 0 saturated heterocycles. The summed E-state index contributed by atoms with van der Waals surface area (Å²) >= 11 is 13.5. The van der Waals surface area contributed by atoms with Crippen LogP contribution in [0.3, 0.4) is 0 Å². The van der Waals surface area contributed by atoms with Gasteiger partial charge in [-0.05, 0) is 29.8 Å². The molecule has 0 atom stereocenters. The Balaban J connectivity index is 1.83. The first-order valence-electron chi connectivity index (χ1n) is 7.14. The summed E-state index contributed by atoms with van der Waals surface area (Å²) < 4.78 is 4.75. The molecule has 0 N–H and O–H groups in total. The van der Waals surface area contributed by atoms with E-state index in [1.54, 1.807) is 18.2 Å². The van der Waals surface area contributed by atoms with E-state index in [-0.39, 0.29) is 5.97 Å². The first-order chi connectivity index (χ1) is 11.6. The fraction of sp³-hybridized carbons (Fsp3) is 0.111. The quantitative estimate of drug-likeness (QED) is 0.563. The van der Waals surface area contributed by atoms with Crippen molar-refractivity contribution < 1.29 is 9.53 Å². The summed E-state index contributed by atoms with van der Waals surface area (Å²) in [7, 11) is 1.37. The number of rotatable bonds is 4. The van der Waals surface area contributed by atoms with Gasteiger partial charge in [-0.2, -0.15) is 0 Å². The van der Waals surface area contributed by atoms with E-state index >= 15 is 0 Å². The Kier molecular flexibility index (Phi) is 5.19. The number of carbonyl (C=O) groups excluding carboxylic acids is 1. The highest BCUT2D eigenvalue weighted by molar-refractivity contribution is 7.13. The van der Waals surface area contributed by atoms with Crippen LogP contribution < -0.4 is 0 Å². The second-order valence-corrected chi connectivity index (χ2v) is 6.81. The Labute approximate surface area is 153 Å². The van der Waals surface area contributed by atoms with Crippen molar-refractivity contribution in [2.24, 2.45) is 0 Å². The molecule has 3 aromatic rings. The average Bonchev–Trinajstić information content (AvgIpc) is 3.06. The molecule has 0 aliphatic carbocycles. The zero-order valence-corrected chi connectivity index (χ0v) is 15.1. The third-order valence-electron chi connectivity index (χ3n) is 3.45. The smallest absolute Gasteiger partial charge is 0.337 e. The largest absolute Gasteiger partial charge is 0.465 e. The number of carbonyl (C=O) groups is 1. The van der Waals surface area contributed by atoms with Gasteiger partial charge in [-0.15, -0.1) is 11.3 Å². The number of halogens is 2. The maximum atomic E-state index is 11.6. The number of nitrogens with zero attached hydrogens (tertiary/aromatic N) is 1. The molecule has 0 bridgehead atoms.